The maximum absolute atomic E-state index is 4.34. The molecule has 0 amide bonds. The van der Waals surface area contributed by atoms with Gasteiger partial charge in [0.2, 0.25) is 0 Å². The molecule has 1 unspecified atom stereocenters. The predicted octanol–water partition coefficient (Wildman–Crippen LogP) is 2.98. The van der Waals surface area contributed by atoms with Gasteiger partial charge in [0.15, 0.2) is 0 Å². The van der Waals surface area contributed by atoms with Crippen LogP contribution in [0.1, 0.15) is 38.6 Å². The van der Waals surface area contributed by atoms with E-state index in [1.54, 1.807) is 0 Å². The molecule has 0 aromatic carbocycles. The molecule has 1 aliphatic rings. The van der Waals surface area contributed by atoms with Gasteiger partial charge >= 0.3 is 0 Å². The number of hydrogen-bond acceptors (Lipinski definition) is 3. The predicted molar refractivity (Wildman–Crippen MR) is 76.5 cm³/mol. The van der Waals surface area contributed by atoms with E-state index in [1.165, 1.54) is 6.42 Å². The summed E-state index contributed by atoms with van der Waals surface area (Å²) in [6, 6.07) is 0.389. The maximum atomic E-state index is 4.34. The van der Waals surface area contributed by atoms with Gasteiger partial charge in [-0.2, -0.15) is 0 Å². The molecule has 100 valence electrons. The third-order valence-electron chi connectivity index (χ3n) is 3.24. The zero-order chi connectivity index (χ0) is 13.1. The molecule has 0 bridgehead atoms. The first-order valence-corrected chi connectivity index (χ1v) is 7.32. The molecule has 1 saturated heterocycles. The summed E-state index contributed by atoms with van der Waals surface area (Å²) < 4.78 is 3.23. The highest BCUT2D eigenvalue weighted by molar-refractivity contribution is 9.11. The number of rotatable bonds is 5. The van der Waals surface area contributed by atoms with Crippen LogP contribution in [0.3, 0.4) is 0 Å². The number of hydrogen-bond donors (Lipinski definition) is 0. The second-order valence-electron chi connectivity index (χ2n) is 5.38. The summed E-state index contributed by atoms with van der Waals surface area (Å²) in [6.07, 6.45) is 4.24. The van der Waals surface area contributed by atoms with Crippen LogP contribution in [-0.4, -0.2) is 32.8 Å². The minimum Gasteiger partial charge on any atom is -0.316 e. The number of aromatic nitrogens is 3. The van der Waals surface area contributed by atoms with Crippen molar-refractivity contribution < 1.29 is 0 Å². The lowest BCUT2D eigenvalue weighted by molar-refractivity contribution is 0.265. The smallest absolute Gasteiger partial charge is 0.150 e. The van der Waals surface area contributed by atoms with Gasteiger partial charge in [-0.25, -0.2) is 0 Å². The standard InChI is InChI=1S/C13H21BrN4/c1-10(2)7-18-9-15-16-13(18)12-5-4-6-17(12)8-11(3)14/h9-10,12H,3-8H2,1-2H3. The van der Waals surface area contributed by atoms with E-state index in [2.05, 4.69) is 56.0 Å². The highest BCUT2D eigenvalue weighted by atomic mass is 79.9. The molecule has 1 aliphatic heterocycles. The molecule has 4 nitrogen and oxygen atoms in total. The highest BCUT2D eigenvalue weighted by Crippen LogP contribution is 2.31. The topological polar surface area (TPSA) is 34.0 Å². The molecule has 0 N–H and O–H groups in total. The molecule has 1 aromatic rings. The lowest BCUT2D eigenvalue weighted by Crippen LogP contribution is -2.27. The molecule has 2 rings (SSSR count). The normalized spacial score (nSPS) is 20.8. The molecule has 0 spiro atoms. The van der Waals surface area contributed by atoms with Gasteiger partial charge in [0, 0.05) is 17.6 Å². The minimum absolute atomic E-state index is 0.389. The Balaban J connectivity index is 2.14. The van der Waals surface area contributed by atoms with Crippen molar-refractivity contribution >= 4 is 15.9 Å². The Bertz CT molecular complexity index is 413. The van der Waals surface area contributed by atoms with Crippen LogP contribution in [0.2, 0.25) is 0 Å². The van der Waals surface area contributed by atoms with Crippen molar-refractivity contribution in [2.24, 2.45) is 5.92 Å². The third-order valence-corrected chi connectivity index (χ3v) is 3.49. The Morgan fingerprint density at radius 3 is 3.06 bits per heavy atom. The maximum Gasteiger partial charge on any atom is 0.150 e. The summed E-state index contributed by atoms with van der Waals surface area (Å²) in [5, 5.41) is 8.42. The van der Waals surface area contributed by atoms with Gasteiger partial charge in [-0.15, -0.1) is 10.2 Å². The summed E-state index contributed by atoms with van der Waals surface area (Å²) in [7, 11) is 0. The number of halogens is 1. The number of likely N-dealkylation sites (tertiary alicyclic amines) is 1. The first kappa shape index (κ1) is 13.7. The molecular formula is C13H21BrN4. The van der Waals surface area contributed by atoms with E-state index in [9.17, 15) is 0 Å². The van der Waals surface area contributed by atoms with Crippen molar-refractivity contribution in [2.45, 2.75) is 39.3 Å². The molecule has 0 aliphatic carbocycles. The summed E-state index contributed by atoms with van der Waals surface area (Å²) in [6.45, 7) is 11.4. The molecule has 0 saturated carbocycles. The molecule has 1 aromatic heterocycles. The van der Waals surface area contributed by atoms with Crippen molar-refractivity contribution in [3.63, 3.8) is 0 Å². The Morgan fingerprint density at radius 1 is 1.61 bits per heavy atom. The minimum atomic E-state index is 0.389. The Hall–Kier alpha value is -0.680. The van der Waals surface area contributed by atoms with Crippen molar-refractivity contribution in [3.8, 4) is 0 Å². The van der Waals surface area contributed by atoms with Gasteiger partial charge in [-0.1, -0.05) is 36.4 Å². The van der Waals surface area contributed by atoms with Gasteiger partial charge < -0.3 is 4.57 Å². The molecule has 5 heteroatoms. The lowest BCUT2D eigenvalue weighted by atomic mass is 10.2. The first-order valence-electron chi connectivity index (χ1n) is 6.53. The van der Waals surface area contributed by atoms with Crippen LogP contribution in [-0.2, 0) is 6.54 Å². The van der Waals surface area contributed by atoms with E-state index in [1.807, 2.05) is 6.33 Å². The largest absolute Gasteiger partial charge is 0.316 e. The fourth-order valence-electron chi connectivity index (χ4n) is 2.58. The molecular weight excluding hydrogens is 292 g/mol. The molecule has 2 heterocycles. The van der Waals surface area contributed by atoms with Gasteiger partial charge in [0.25, 0.3) is 0 Å². The Morgan fingerprint density at radius 2 is 2.39 bits per heavy atom. The first-order chi connectivity index (χ1) is 8.58. The molecule has 0 radical (unpaired) electrons. The van der Waals surface area contributed by atoms with Crippen molar-refractivity contribution in [2.75, 3.05) is 13.1 Å². The van der Waals surface area contributed by atoms with Crippen LogP contribution in [0.5, 0.6) is 0 Å². The summed E-state index contributed by atoms with van der Waals surface area (Å²) in [4.78, 5) is 2.43. The van der Waals surface area contributed by atoms with Crippen LogP contribution in [0.25, 0.3) is 0 Å². The summed E-state index contributed by atoms with van der Waals surface area (Å²) >= 11 is 3.46. The van der Waals surface area contributed by atoms with Crippen LogP contribution in [0, 0.1) is 5.92 Å². The quantitative estimate of drug-likeness (QED) is 0.838. The van der Waals surface area contributed by atoms with Crippen molar-refractivity contribution in [1.82, 2.24) is 19.7 Å². The third kappa shape index (κ3) is 3.20. The average molecular weight is 313 g/mol. The second kappa shape index (κ2) is 5.97. The van der Waals surface area contributed by atoms with Crippen molar-refractivity contribution in [1.29, 1.82) is 0 Å². The Kier molecular flexibility index (Phi) is 4.56. The van der Waals surface area contributed by atoms with E-state index in [-0.39, 0.29) is 0 Å². The summed E-state index contributed by atoms with van der Waals surface area (Å²) in [5.74, 6) is 1.72. The van der Waals surface area contributed by atoms with Crippen LogP contribution >= 0.6 is 15.9 Å². The van der Waals surface area contributed by atoms with Crippen LogP contribution < -0.4 is 0 Å². The fourth-order valence-corrected chi connectivity index (χ4v) is 2.91. The van der Waals surface area contributed by atoms with E-state index < -0.39 is 0 Å². The molecule has 18 heavy (non-hydrogen) atoms. The van der Waals surface area contributed by atoms with Crippen LogP contribution in [0.15, 0.2) is 17.4 Å². The Labute approximate surface area is 117 Å². The van der Waals surface area contributed by atoms with Gasteiger partial charge in [0.1, 0.15) is 12.2 Å². The second-order valence-corrected chi connectivity index (χ2v) is 6.50. The monoisotopic (exact) mass is 312 g/mol. The molecule has 1 atom stereocenters. The lowest BCUT2D eigenvalue weighted by Gasteiger charge is -2.24. The van der Waals surface area contributed by atoms with E-state index >= 15 is 0 Å². The fraction of sp³-hybridized carbons (Fsp3) is 0.692. The average Bonchev–Trinajstić information content (AvgIpc) is 2.85. The van der Waals surface area contributed by atoms with Crippen LogP contribution in [0.4, 0.5) is 0 Å². The van der Waals surface area contributed by atoms with Gasteiger partial charge in [-0.05, 0) is 25.3 Å². The highest BCUT2D eigenvalue weighted by Gasteiger charge is 2.29. The van der Waals surface area contributed by atoms with Gasteiger partial charge in [-0.3, -0.25) is 4.90 Å². The van der Waals surface area contributed by atoms with E-state index in [4.69, 9.17) is 0 Å². The SMILES string of the molecule is C=C(Br)CN1CCCC1c1nncn1CC(C)C. The molecule has 1 fully saturated rings. The zero-order valence-corrected chi connectivity index (χ0v) is 12.7. The van der Waals surface area contributed by atoms with Gasteiger partial charge in [0.05, 0.1) is 6.04 Å². The summed E-state index contributed by atoms with van der Waals surface area (Å²) in [5.41, 5.74) is 0. The number of nitrogens with zero attached hydrogens (tertiary/aromatic N) is 4. The van der Waals surface area contributed by atoms with Crippen molar-refractivity contribution in [3.05, 3.63) is 23.2 Å². The van der Waals surface area contributed by atoms with E-state index in [0.29, 0.717) is 12.0 Å². The van der Waals surface area contributed by atoms with E-state index in [0.717, 1.165) is 36.4 Å². The zero-order valence-electron chi connectivity index (χ0n) is 11.1.